The molecule has 0 amide bonds. The number of nitrogens with zero attached hydrogens (tertiary/aromatic N) is 1. The molecule has 122 valence electrons. The molecule has 0 aromatic heterocycles. The van der Waals surface area contributed by atoms with Gasteiger partial charge in [0.2, 0.25) is 0 Å². The fraction of sp³-hybridized carbons (Fsp3) is 0.200. The van der Waals surface area contributed by atoms with E-state index in [0.29, 0.717) is 6.42 Å². The van der Waals surface area contributed by atoms with Crippen LogP contribution in [0.5, 0.6) is 5.75 Å². The van der Waals surface area contributed by atoms with E-state index in [2.05, 4.69) is 4.76 Å². The molecule has 8 heteroatoms. The van der Waals surface area contributed by atoms with Crippen molar-refractivity contribution in [1.29, 1.82) is 0 Å². The van der Waals surface area contributed by atoms with Crippen molar-refractivity contribution in [2.75, 3.05) is 0 Å². The summed E-state index contributed by atoms with van der Waals surface area (Å²) in [5.74, 6) is -1.41. The Hall–Kier alpha value is -2.21. The summed E-state index contributed by atoms with van der Waals surface area (Å²) >= 11 is 0. The zero-order chi connectivity index (χ0) is 17.0. The quantitative estimate of drug-likeness (QED) is 0.609. The van der Waals surface area contributed by atoms with Gasteiger partial charge in [-0.3, -0.25) is 4.79 Å². The van der Waals surface area contributed by atoms with E-state index in [9.17, 15) is 19.6 Å². The minimum Gasteiger partial charge on any atom is -0.508 e. The summed E-state index contributed by atoms with van der Waals surface area (Å²) in [5, 5.41) is 18.9. The SMILES string of the molecule is O=C(CCc1cccc(O)c1)C1C=C(O)C=CC1=NP(=O)(O)O. The molecule has 0 saturated heterocycles. The zero-order valence-electron chi connectivity index (χ0n) is 12.0. The van der Waals surface area contributed by atoms with Crippen LogP contribution in [0.25, 0.3) is 0 Å². The summed E-state index contributed by atoms with van der Waals surface area (Å²) in [5.41, 5.74) is 0.670. The lowest BCUT2D eigenvalue weighted by atomic mass is 9.90. The number of hydrogen-bond acceptors (Lipinski definition) is 4. The molecular weight excluding hydrogens is 321 g/mol. The van der Waals surface area contributed by atoms with Gasteiger partial charge in [-0.05, 0) is 42.3 Å². The van der Waals surface area contributed by atoms with E-state index in [1.165, 1.54) is 30.4 Å². The number of allylic oxidation sites excluding steroid dienone is 3. The maximum absolute atomic E-state index is 12.3. The van der Waals surface area contributed by atoms with Gasteiger partial charge in [0, 0.05) is 6.42 Å². The van der Waals surface area contributed by atoms with Crippen LogP contribution in [-0.4, -0.2) is 31.5 Å². The predicted octanol–water partition coefficient (Wildman–Crippen LogP) is 2.06. The van der Waals surface area contributed by atoms with E-state index in [1.54, 1.807) is 12.1 Å². The van der Waals surface area contributed by atoms with Crippen LogP contribution in [0.15, 0.2) is 53.0 Å². The van der Waals surface area contributed by atoms with Crippen molar-refractivity contribution in [3.63, 3.8) is 0 Å². The van der Waals surface area contributed by atoms with Crippen LogP contribution in [0.4, 0.5) is 0 Å². The van der Waals surface area contributed by atoms with Crippen LogP contribution in [0.1, 0.15) is 12.0 Å². The van der Waals surface area contributed by atoms with Gasteiger partial charge in [0.25, 0.3) is 0 Å². The van der Waals surface area contributed by atoms with Crippen molar-refractivity contribution in [3.8, 4) is 5.75 Å². The van der Waals surface area contributed by atoms with Gasteiger partial charge >= 0.3 is 7.75 Å². The van der Waals surface area contributed by atoms with Crippen molar-refractivity contribution in [2.24, 2.45) is 10.7 Å². The molecule has 1 atom stereocenters. The number of Topliss-reactive ketones (excluding diaryl/α,β-unsaturated/α-hetero) is 1. The first-order chi connectivity index (χ1) is 10.7. The monoisotopic (exact) mass is 337 g/mol. The molecule has 4 N–H and O–H groups in total. The maximum atomic E-state index is 12.3. The van der Waals surface area contributed by atoms with Gasteiger partial charge in [-0.1, -0.05) is 12.1 Å². The Morgan fingerprint density at radius 2 is 1.96 bits per heavy atom. The molecule has 1 aromatic rings. The van der Waals surface area contributed by atoms with Crippen LogP contribution >= 0.6 is 7.75 Å². The fourth-order valence-electron chi connectivity index (χ4n) is 2.22. The average Bonchev–Trinajstić information content (AvgIpc) is 2.45. The largest absolute Gasteiger partial charge is 0.508 e. The Labute approximate surface area is 132 Å². The summed E-state index contributed by atoms with van der Waals surface area (Å²) in [4.78, 5) is 30.2. The molecule has 0 aliphatic heterocycles. The number of ketones is 1. The van der Waals surface area contributed by atoms with Gasteiger partial charge in [0.05, 0.1) is 11.6 Å². The average molecular weight is 337 g/mol. The molecule has 1 aromatic carbocycles. The molecule has 7 nitrogen and oxygen atoms in total. The number of carbonyl (C=O) groups excluding carboxylic acids is 1. The summed E-state index contributed by atoms with van der Waals surface area (Å²) in [6.07, 6.45) is 4.06. The van der Waals surface area contributed by atoms with E-state index in [1.807, 2.05) is 0 Å². The summed E-state index contributed by atoms with van der Waals surface area (Å²) in [7, 11) is -4.67. The molecular formula is C15H16NO6P. The Morgan fingerprint density at radius 1 is 1.22 bits per heavy atom. The summed E-state index contributed by atoms with van der Waals surface area (Å²) in [6.45, 7) is 0. The summed E-state index contributed by atoms with van der Waals surface area (Å²) < 4.78 is 14.3. The number of aryl methyl sites for hydroxylation is 1. The van der Waals surface area contributed by atoms with Gasteiger partial charge in [-0.25, -0.2) is 4.57 Å². The molecule has 1 aliphatic carbocycles. The summed E-state index contributed by atoms with van der Waals surface area (Å²) in [6, 6.07) is 6.46. The van der Waals surface area contributed by atoms with E-state index >= 15 is 0 Å². The first-order valence-corrected chi connectivity index (χ1v) is 8.36. The van der Waals surface area contributed by atoms with Crippen LogP contribution < -0.4 is 0 Å². The standard InChI is InChI=1S/C15H16NO6P/c17-11-3-1-2-10(8-11)4-7-15(19)13-9-12(18)5-6-14(13)16-23(20,21)22/h1-3,5-6,8-9,13,17-18H,4,7H2,(H2,20,21,22). The Bertz CT molecular complexity index is 746. The van der Waals surface area contributed by atoms with Gasteiger partial charge in [0.15, 0.2) is 0 Å². The second-order valence-electron chi connectivity index (χ2n) is 5.08. The minimum atomic E-state index is -4.67. The van der Waals surface area contributed by atoms with Gasteiger partial charge < -0.3 is 20.0 Å². The topological polar surface area (TPSA) is 127 Å². The van der Waals surface area contributed by atoms with Crippen molar-refractivity contribution >= 4 is 19.2 Å². The van der Waals surface area contributed by atoms with Gasteiger partial charge in [0.1, 0.15) is 17.3 Å². The number of rotatable bonds is 5. The highest BCUT2D eigenvalue weighted by Crippen LogP contribution is 2.38. The van der Waals surface area contributed by atoms with Crippen molar-refractivity contribution in [2.45, 2.75) is 12.8 Å². The number of aromatic hydroxyl groups is 1. The third-order valence-electron chi connectivity index (χ3n) is 3.24. The minimum absolute atomic E-state index is 0.0753. The number of carbonyl (C=O) groups is 1. The highest BCUT2D eigenvalue weighted by atomic mass is 31.2. The number of aliphatic hydroxyl groups is 1. The van der Waals surface area contributed by atoms with E-state index < -0.39 is 13.7 Å². The molecule has 1 unspecified atom stereocenters. The van der Waals surface area contributed by atoms with Crippen molar-refractivity contribution in [3.05, 3.63) is 53.8 Å². The molecule has 0 radical (unpaired) electrons. The van der Waals surface area contributed by atoms with Crippen LogP contribution in [0.2, 0.25) is 0 Å². The Kier molecular flexibility index (Phi) is 5.15. The van der Waals surface area contributed by atoms with Crippen LogP contribution in [0.3, 0.4) is 0 Å². The molecule has 0 heterocycles. The predicted molar refractivity (Wildman–Crippen MR) is 84.3 cm³/mol. The Balaban J connectivity index is 2.13. The fourth-order valence-corrected chi connectivity index (χ4v) is 2.72. The second-order valence-corrected chi connectivity index (χ2v) is 6.30. The number of hydrogen-bond donors (Lipinski definition) is 4. The molecule has 0 saturated carbocycles. The van der Waals surface area contributed by atoms with E-state index in [4.69, 9.17) is 9.79 Å². The number of aliphatic hydroxyl groups excluding tert-OH is 1. The normalized spacial score (nSPS) is 19.7. The highest BCUT2D eigenvalue weighted by Gasteiger charge is 2.26. The molecule has 0 bridgehead atoms. The van der Waals surface area contributed by atoms with Crippen LogP contribution in [-0.2, 0) is 15.8 Å². The molecule has 0 spiro atoms. The Morgan fingerprint density at radius 3 is 2.61 bits per heavy atom. The molecule has 23 heavy (non-hydrogen) atoms. The molecule has 0 fully saturated rings. The number of benzene rings is 1. The number of phenols is 1. The first kappa shape index (κ1) is 17.1. The molecule has 1 aliphatic rings. The van der Waals surface area contributed by atoms with Gasteiger partial charge in [-0.2, -0.15) is 4.76 Å². The lowest BCUT2D eigenvalue weighted by Gasteiger charge is -2.16. The van der Waals surface area contributed by atoms with E-state index in [0.717, 1.165) is 5.56 Å². The first-order valence-electron chi connectivity index (χ1n) is 6.80. The van der Waals surface area contributed by atoms with E-state index in [-0.39, 0.29) is 29.4 Å². The number of phenolic OH excluding ortho intramolecular Hbond substituents is 1. The van der Waals surface area contributed by atoms with Crippen molar-refractivity contribution in [1.82, 2.24) is 0 Å². The second kappa shape index (κ2) is 6.91. The lowest BCUT2D eigenvalue weighted by molar-refractivity contribution is -0.119. The highest BCUT2D eigenvalue weighted by molar-refractivity contribution is 7.50. The van der Waals surface area contributed by atoms with Gasteiger partial charge in [-0.15, -0.1) is 0 Å². The maximum Gasteiger partial charge on any atom is 0.448 e. The van der Waals surface area contributed by atoms with Crippen LogP contribution in [0, 0.1) is 5.92 Å². The van der Waals surface area contributed by atoms with Crippen molar-refractivity contribution < 1.29 is 29.4 Å². The zero-order valence-corrected chi connectivity index (χ0v) is 12.9. The smallest absolute Gasteiger partial charge is 0.448 e. The lowest BCUT2D eigenvalue weighted by Crippen LogP contribution is -2.24. The third kappa shape index (κ3) is 5.17. The third-order valence-corrected chi connectivity index (χ3v) is 3.74. The molecule has 2 rings (SSSR count).